The standard InChI is InChI=1S/C10H17N/c1-4-9-6-7-11-10(5-2)8(9)3/h5,11H,4,6-7H2,1-3H3/b10-5-. The molecular weight excluding hydrogens is 134 g/mol. The van der Waals surface area contributed by atoms with Crippen molar-refractivity contribution in [2.75, 3.05) is 6.54 Å². The molecule has 1 aliphatic rings. The first-order chi connectivity index (χ1) is 5.29. The van der Waals surface area contributed by atoms with Gasteiger partial charge in [0.15, 0.2) is 0 Å². The van der Waals surface area contributed by atoms with Crippen LogP contribution in [0.3, 0.4) is 0 Å². The summed E-state index contributed by atoms with van der Waals surface area (Å²) in [5.74, 6) is 0. The molecule has 0 radical (unpaired) electrons. The van der Waals surface area contributed by atoms with E-state index in [1.54, 1.807) is 5.57 Å². The Morgan fingerprint density at radius 2 is 2.27 bits per heavy atom. The molecule has 1 rings (SSSR count). The summed E-state index contributed by atoms with van der Waals surface area (Å²) in [5.41, 5.74) is 4.39. The highest BCUT2D eigenvalue weighted by atomic mass is 14.9. The van der Waals surface area contributed by atoms with Crippen LogP contribution in [0.1, 0.15) is 33.6 Å². The van der Waals surface area contributed by atoms with Gasteiger partial charge in [0.05, 0.1) is 0 Å². The zero-order chi connectivity index (χ0) is 8.27. The molecule has 0 saturated heterocycles. The second-order valence-corrected chi connectivity index (χ2v) is 2.96. The van der Waals surface area contributed by atoms with Gasteiger partial charge in [-0.15, -0.1) is 0 Å². The van der Waals surface area contributed by atoms with Crippen LogP contribution in [0.25, 0.3) is 0 Å². The zero-order valence-electron chi connectivity index (χ0n) is 7.70. The molecule has 0 aliphatic carbocycles. The summed E-state index contributed by atoms with van der Waals surface area (Å²) in [6.45, 7) is 7.64. The van der Waals surface area contributed by atoms with Gasteiger partial charge in [0, 0.05) is 12.2 Å². The molecule has 11 heavy (non-hydrogen) atoms. The van der Waals surface area contributed by atoms with Crippen LogP contribution < -0.4 is 5.32 Å². The molecule has 0 bridgehead atoms. The van der Waals surface area contributed by atoms with E-state index >= 15 is 0 Å². The maximum Gasteiger partial charge on any atom is 0.0326 e. The van der Waals surface area contributed by atoms with Crippen molar-refractivity contribution in [1.82, 2.24) is 5.32 Å². The number of allylic oxidation sites excluding steroid dienone is 2. The van der Waals surface area contributed by atoms with Crippen molar-refractivity contribution in [3.63, 3.8) is 0 Å². The third kappa shape index (κ3) is 1.65. The van der Waals surface area contributed by atoms with Crippen LogP contribution in [0.5, 0.6) is 0 Å². The van der Waals surface area contributed by atoms with Crippen molar-refractivity contribution >= 4 is 0 Å². The summed E-state index contributed by atoms with van der Waals surface area (Å²) in [5, 5.41) is 3.39. The predicted octanol–water partition coefficient (Wildman–Crippen LogP) is 2.61. The van der Waals surface area contributed by atoms with E-state index in [-0.39, 0.29) is 0 Å². The van der Waals surface area contributed by atoms with Crippen LogP contribution >= 0.6 is 0 Å². The number of hydrogen-bond donors (Lipinski definition) is 1. The van der Waals surface area contributed by atoms with E-state index in [1.165, 1.54) is 24.1 Å². The van der Waals surface area contributed by atoms with E-state index in [9.17, 15) is 0 Å². The topological polar surface area (TPSA) is 12.0 Å². The lowest BCUT2D eigenvalue weighted by atomic mass is 9.97. The minimum Gasteiger partial charge on any atom is -0.385 e. The van der Waals surface area contributed by atoms with E-state index in [4.69, 9.17) is 0 Å². The van der Waals surface area contributed by atoms with E-state index in [1.807, 2.05) is 0 Å². The van der Waals surface area contributed by atoms with Crippen LogP contribution in [0.2, 0.25) is 0 Å². The molecule has 0 aromatic carbocycles. The number of hydrogen-bond acceptors (Lipinski definition) is 1. The Morgan fingerprint density at radius 3 is 2.82 bits per heavy atom. The van der Waals surface area contributed by atoms with Gasteiger partial charge in [-0.25, -0.2) is 0 Å². The van der Waals surface area contributed by atoms with Crippen molar-refractivity contribution in [3.05, 3.63) is 22.9 Å². The molecule has 0 aromatic rings. The number of rotatable bonds is 1. The molecule has 0 amide bonds. The molecule has 1 heterocycles. The highest BCUT2D eigenvalue weighted by molar-refractivity contribution is 5.34. The lowest BCUT2D eigenvalue weighted by Gasteiger charge is -2.21. The smallest absolute Gasteiger partial charge is 0.0326 e. The minimum atomic E-state index is 1.11. The van der Waals surface area contributed by atoms with Gasteiger partial charge < -0.3 is 5.32 Å². The van der Waals surface area contributed by atoms with E-state index in [0.29, 0.717) is 0 Å². The molecule has 62 valence electrons. The first kappa shape index (κ1) is 8.38. The average Bonchev–Trinajstić information content (AvgIpc) is 2.05. The SMILES string of the molecule is C/C=C1\NCCC(CC)=C1C. The van der Waals surface area contributed by atoms with Crippen LogP contribution in [-0.4, -0.2) is 6.54 Å². The second kappa shape index (κ2) is 3.61. The minimum absolute atomic E-state index is 1.11. The van der Waals surface area contributed by atoms with Gasteiger partial charge in [-0.1, -0.05) is 18.6 Å². The summed E-state index contributed by atoms with van der Waals surface area (Å²) >= 11 is 0. The molecule has 0 unspecified atom stereocenters. The van der Waals surface area contributed by atoms with Gasteiger partial charge in [-0.2, -0.15) is 0 Å². The molecule has 0 saturated carbocycles. The van der Waals surface area contributed by atoms with E-state index in [2.05, 4.69) is 32.2 Å². The highest BCUT2D eigenvalue weighted by Gasteiger charge is 2.09. The molecule has 0 fully saturated rings. The van der Waals surface area contributed by atoms with Crippen molar-refractivity contribution in [2.24, 2.45) is 0 Å². The van der Waals surface area contributed by atoms with Gasteiger partial charge in [-0.3, -0.25) is 0 Å². The Balaban J connectivity index is 2.89. The van der Waals surface area contributed by atoms with Gasteiger partial charge in [0.2, 0.25) is 0 Å². The fraction of sp³-hybridized carbons (Fsp3) is 0.600. The highest BCUT2D eigenvalue weighted by Crippen LogP contribution is 2.21. The molecule has 0 aromatic heterocycles. The molecule has 1 nitrogen and oxygen atoms in total. The zero-order valence-corrected chi connectivity index (χ0v) is 7.70. The van der Waals surface area contributed by atoms with E-state index < -0.39 is 0 Å². The van der Waals surface area contributed by atoms with Crippen molar-refractivity contribution in [1.29, 1.82) is 0 Å². The molecule has 0 spiro atoms. The van der Waals surface area contributed by atoms with Gasteiger partial charge in [0.1, 0.15) is 0 Å². The van der Waals surface area contributed by atoms with Crippen molar-refractivity contribution in [2.45, 2.75) is 33.6 Å². The molecule has 1 heteroatoms. The van der Waals surface area contributed by atoms with Crippen LogP contribution in [-0.2, 0) is 0 Å². The molecule has 1 N–H and O–H groups in total. The summed E-state index contributed by atoms with van der Waals surface area (Å²) in [6, 6.07) is 0. The third-order valence-corrected chi connectivity index (χ3v) is 2.39. The lowest BCUT2D eigenvalue weighted by Crippen LogP contribution is -2.21. The molecular formula is C10H17N. The summed E-state index contributed by atoms with van der Waals surface area (Å²) < 4.78 is 0. The van der Waals surface area contributed by atoms with Crippen LogP contribution in [0, 0.1) is 0 Å². The first-order valence-electron chi connectivity index (χ1n) is 4.38. The Hall–Kier alpha value is -0.720. The quantitative estimate of drug-likeness (QED) is 0.607. The van der Waals surface area contributed by atoms with Gasteiger partial charge >= 0.3 is 0 Å². The Labute approximate surface area is 69.2 Å². The Kier molecular flexibility index (Phi) is 2.75. The fourth-order valence-electron chi connectivity index (χ4n) is 1.62. The van der Waals surface area contributed by atoms with Crippen LogP contribution in [0.15, 0.2) is 22.9 Å². The van der Waals surface area contributed by atoms with Crippen LogP contribution in [0.4, 0.5) is 0 Å². The molecule has 0 atom stereocenters. The Bertz CT molecular complexity index is 199. The normalized spacial score (nSPS) is 22.3. The average molecular weight is 151 g/mol. The maximum atomic E-state index is 3.39. The Morgan fingerprint density at radius 1 is 1.55 bits per heavy atom. The second-order valence-electron chi connectivity index (χ2n) is 2.96. The summed E-state index contributed by atoms with van der Waals surface area (Å²) in [6.07, 6.45) is 4.58. The fourth-order valence-corrected chi connectivity index (χ4v) is 1.62. The van der Waals surface area contributed by atoms with Gasteiger partial charge in [-0.05, 0) is 32.3 Å². The number of nitrogens with one attached hydrogen (secondary N) is 1. The van der Waals surface area contributed by atoms with Crippen molar-refractivity contribution in [3.8, 4) is 0 Å². The molecule has 1 aliphatic heterocycles. The largest absolute Gasteiger partial charge is 0.385 e. The van der Waals surface area contributed by atoms with Gasteiger partial charge in [0.25, 0.3) is 0 Å². The summed E-state index contributed by atoms with van der Waals surface area (Å²) in [7, 11) is 0. The summed E-state index contributed by atoms with van der Waals surface area (Å²) in [4.78, 5) is 0. The van der Waals surface area contributed by atoms with E-state index in [0.717, 1.165) is 6.54 Å². The lowest BCUT2D eigenvalue weighted by molar-refractivity contribution is 0.721. The predicted molar refractivity (Wildman–Crippen MR) is 49.4 cm³/mol. The third-order valence-electron chi connectivity index (χ3n) is 2.39. The first-order valence-corrected chi connectivity index (χ1v) is 4.38. The maximum absolute atomic E-state index is 3.39. The monoisotopic (exact) mass is 151 g/mol. The van der Waals surface area contributed by atoms with Crippen molar-refractivity contribution < 1.29 is 0 Å².